The lowest BCUT2D eigenvalue weighted by Gasteiger charge is -2.05. The van der Waals surface area contributed by atoms with Gasteiger partial charge in [0, 0.05) is 10.4 Å². The minimum atomic E-state index is -0.424. The van der Waals surface area contributed by atoms with Gasteiger partial charge in [0.25, 0.3) is 0 Å². The number of rotatable bonds is 2. The van der Waals surface area contributed by atoms with Crippen LogP contribution in [0.5, 0.6) is 5.75 Å². The van der Waals surface area contributed by atoms with E-state index >= 15 is 0 Å². The summed E-state index contributed by atoms with van der Waals surface area (Å²) in [5.41, 5.74) is 2.84. The monoisotopic (exact) mass is 277 g/mol. The second kappa shape index (κ2) is 5.01. The third kappa shape index (κ3) is 2.46. The van der Waals surface area contributed by atoms with Gasteiger partial charge in [-0.2, -0.15) is 0 Å². The molecular formula is C14H15NO3S. The molecule has 19 heavy (non-hydrogen) atoms. The van der Waals surface area contributed by atoms with Crippen LogP contribution in [0.25, 0.3) is 10.6 Å². The Kier molecular flexibility index (Phi) is 3.57. The Labute approximate surface area is 115 Å². The molecule has 1 aromatic carbocycles. The van der Waals surface area contributed by atoms with Gasteiger partial charge in [-0.3, -0.25) is 0 Å². The van der Waals surface area contributed by atoms with Crippen molar-refractivity contribution >= 4 is 17.3 Å². The number of nitrogens with zero attached hydrogens (tertiary/aromatic N) is 1. The zero-order valence-electron chi connectivity index (χ0n) is 11.3. The van der Waals surface area contributed by atoms with Crippen LogP contribution in [0.4, 0.5) is 0 Å². The Bertz CT molecular complexity index is 623. The van der Waals surface area contributed by atoms with Gasteiger partial charge in [-0.15, -0.1) is 11.3 Å². The van der Waals surface area contributed by atoms with Crippen molar-refractivity contribution in [2.24, 2.45) is 0 Å². The van der Waals surface area contributed by atoms with Crippen LogP contribution in [-0.4, -0.2) is 23.2 Å². The highest BCUT2D eigenvalue weighted by Gasteiger charge is 2.17. The number of esters is 1. The van der Waals surface area contributed by atoms with Crippen molar-refractivity contribution in [2.45, 2.75) is 20.8 Å². The molecule has 1 N–H and O–H groups in total. The number of benzene rings is 1. The summed E-state index contributed by atoms with van der Waals surface area (Å²) in [6, 6.07) is 3.73. The van der Waals surface area contributed by atoms with E-state index in [0.29, 0.717) is 11.4 Å². The van der Waals surface area contributed by atoms with E-state index in [4.69, 9.17) is 4.74 Å². The number of aryl methyl sites for hydroxylation is 3. The van der Waals surface area contributed by atoms with Gasteiger partial charge in [0.2, 0.25) is 0 Å². The number of phenols is 1. The molecule has 1 heterocycles. The molecule has 0 saturated carbocycles. The number of ether oxygens (including phenoxy) is 1. The van der Waals surface area contributed by atoms with Crippen LogP contribution >= 0.6 is 11.3 Å². The lowest BCUT2D eigenvalue weighted by molar-refractivity contribution is 0.0594. The van der Waals surface area contributed by atoms with Gasteiger partial charge < -0.3 is 9.84 Å². The molecule has 0 saturated heterocycles. The summed E-state index contributed by atoms with van der Waals surface area (Å²) in [5.74, 6) is -0.127. The highest BCUT2D eigenvalue weighted by Crippen LogP contribution is 2.32. The third-order valence-corrected chi connectivity index (χ3v) is 3.93. The van der Waals surface area contributed by atoms with Crippen molar-refractivity contribution < 1.29 is 14.6 Å². The molecule has 1 aromatic heterocycles. The van der Waals surface area contributed by atoms with Gasteiger partial charge in [0.15, 0.2) is 5.69 Å². The van der Waals surface area contributed by atoms with Gasteiger partial charge in [0.1, 0.15) is 10.8 Å². The second-order valence-corrected chi connectivity index (χ2v) is 5.58. The Balaban J connectivity index is 2.51. The number of hydrogen-bond donors (Lipinski definition) is 1. The first-order valence-corrected chi connectivity index (χ1v) is 6.62. The summed E-state index contributed by atoms with van der Waals surface area (Å²) in [6.07, 6.45) is 0. The maximum Gasteiger partial charge on any atom is 0.357 e. The number of thiazole rings is 1. The van der Waals surface area contributed by atoms with Crippen molar-refractivity contribution in [2.75, 3.05) is 7.11 Å². The quantitative estimate of drug-likeness (QED) is 0.856. The van der Waals surface area contributed by atoms with E-state index < -0.39 is 5.97 Å². The SMILES string of the molecule is COC(=O)c1nc(-c2cc(C)c(O)c(C)c2)sc1C. The van der Waals surface area contributed by atoms with Crippen LogP contribution in [0, 0.1) is 20.8 Å². The lowest BCUT2D eigenvalue weighted by atomic mass is 10.1. The van der Waals surface area contributed by atoms with Crippen molar-refractivity contribution in [1.82, 2.24) is 4.98 Å². The molecule has 0 amide bonds. The molecule has 0 unspecified atom stereocenters. The molecule has 100 valence electrons. The minimum absolute atomic E-state index is 0.296. The van der Waals surface area contributed by atoms with E-state index in [1.807, 2.05) is 32.9 Å². The maximum atomic E-state index is 11.5. The van der Waals surface area contributed by atoms with E-state index in [1.165, 1.54) is 18.4 Å². The summed E-state index contributed by atoms with van der Waals surface area (Å²) >= 11 is 1.44. The Hall–Kier alpha value is -1.88. The number of methoxy groups -OCH3 is 1. The molecule has 4 nitrogen and oxygen atoms in total. The molecule has 2 rings (SSSR count). The fourth-order valence-corrected chi connectivity index (χ4v) is 2.77. The van der Waals surface area contributed by atoms with Crippen LogP contribution in [0.2, 0.25) is 0 Å². The topological polar surface area (TPSA) is 59.4 Å². The van der Waals surface area contributed by atoms with Gasteiger partial charge in [-0.25, -0.2) is 9.78 Å². The van der Waals surface area contributed by atoms with Gasteiger partial charge >= 0.3 is 5.97 Å². The van der Waals surface area contributed by atoms with Crippen molar-refractivity contribution in [1.29, 1.82) is 0 Å². The number of hydrogen-bond acceptors (Lipinski definition) is 5. The summed E-state index contributed by atoms with van der Waals surface area (Å²) in [6.45, 7) is 5.52. The fraction of sp³-hybridized carbons (Fsp3) is 0.286. The number of carbonyl (C=O) groups is 1. The molecule has 0 bridgehead atoms. The summed E-state index contributed by atoms with van der Waals surface area (Å²) in [4.78, 5) is 16.7. The number of aromatic nitrogens is 1. The first-order valence-electron chi connectivity index (χ1n) is 5.80. The van der Waals surface area contributed by atoms with Crippen LogP contribution in [-0.2, 0) is 4.74 Å². The van der Waals surface area contributed by atoms with Gasteiger partial charge in [-0.1, -0.05) is 0 Å². The molecule has 5 heteroatoms. The van der Waals surface area contributed by atoms with E-state index in [2.05, 4.69) is 4.98 Å². The zero-order chi connectivity index (χ0) is 14.2. The van der Waals surface area contributed by atoms with Crippen molar-refractivity contribution in [3.8, 4) is 16.3 Å². The smallest absolute Gasteiger partial charge is 0.357 e. The van der Waals surface area contributed by atoms with E-state index in [1.54, 1.807) is 0 Å². The fourth-order valence-electron chi connectivity index (χ4n) is 1.89. The van der Waals surface area contributed by atoms with Gasteiger partial charge in [-0.05, 0) is 44.0 Å². The molecule has 2 aromatic rings. The lowest BCUT2D eigenvalue weighted by Crippen LogP contribution is -2.03. The molecule has 0 aliphatic heterocycles. The zero-order valence-corrected chi connectivity index (χ0v) is 12.1. The highest BCUT2D eigenvalue weighted by atomic mass is 32.1. The average molecular weight is 277 g/mol. The number of carbonyl (C=O) groups excluding carboxylic acids is 1. The normalized spacial score (nSPS) is 10.5. The minimum Gasteiger partial charge on any atom is -0.507 e. The molecule has 0 atom stereocenters. The summed E-state index contributed by atoms with van der Waals surface area (Å²) in [5, 5.41) is 10.5. The molecular weight excluding hydrogens is 262 g/mol. The van der Waals surface area contributed by atoms with Gasteiger partial charge in [0.05, 0.1) is 7.11 Å². The van der Waals surface area contributed by atoms with E-state index in [0.717, 1.165) is 26.6 Å². The van der Waals surface area contributed by atoms with E-state index in [9.17, 15) is 9.90 Å². The van der Waals surface area contributed by atoms with Crippen LogP contribution < -0.4 is 0 Å². The van der Waals surface area contributed by atoms with E-state index in [-0.39, 0.29) is 0 Å². The Morgan fingerprint density at radius 3 is 2.37 bits per heavy atom. The van der Waals surface area contributed by atoms with Crippen LogP contribution in [0.3, 0.4) is 0 Å². The third-order valence-electron chi connectivity index (χ3n) is 2.91. The number of aromatic hydroxyl groups is 1. The Morgan fingerprint density at radius 1 is 1.26 bits per heavy atom. The second-order valence-electron chi connectivity index (χ2n) is 4.37. The summed E-state index contributed by atoms with van der Waals surface area (Å²) < 4.78 is 4.70. The number of phenolic OH excluding ortho intramolecular Hbond substituents is 1. The predicted octanol–water partition coefficient (Wildman–Crippen LogP) is 3.23. The summed E-state index contributed by atoms with van der Waals surface area (Å²) in [7, 11) is 1.34. The standard InChI is InChI=1S/C14H15NO3S/c1-7-5-10(6-8(2)12(7)16)13-15-11(9(3)19-13)14(17)18-4/h5-6,16H,1-4H3. The first-order chi connectivity index (χ1) is 8.93. The molecule has 0 aliphatic rings. The molecule has 0 spiro atoms. The van der Waals surface area contributed by atoms with Crippen molar-refractivity contribution in [3.05, 3.63) is 33.8 Å². The largest absolute Gasteiger partial charge is 0.507 e. The molecule has 0 fully saturated rings. The molecule has 0 radical (unpaired) electrons. The van der Waals surface area contributed by atoms with Crippen molar-refractivity contribution in [3.63, 3.8) is 0 Å². The maximum absolute atomic E-state index is 11.5. The highest BCUT2D eigenvalue weighted by molar-refractivity contribution is 7.15. The van der Waals surface area contributed by atoms with Crippen LogP contribution in [0.1, 0.15) is 26.5 Å². The predicted molar refractivity (Wildman–Crippen MR) is 74.8 cm³/mol. The molecule has 0 aliphatic carbocycles. The van der Waals surface area contributed by atoms with Crippen LogP contribution in [0.15, 0.2) is 12.1 Å². The Morgan fingerprint density at radius 2 is 1.84 bits per heavy atom. The average Bonchev–Trinajstić information content (AvgIpc) is 2.76. The first kappa shape index (κ1) is 13.5.